The summed E-state index contributed by atoms with van der Waals surface area (Å²) in [5.74, 6) is 0. The Kier molecular flexibility index (Phi) is 6.47. The number of ether oxygens (including phenoxy) is 1. The summed E-state index contributed by atoms with van der Waals surface area (Å²) < 4.78 is 108. The zero-order valence-corrected chi connectivity index (χ0v) is 13.8. The van der Waals surface area contributed by atoms with Crippen molar-refractivity contribution in [1.29, 1.82) is 0 Å². The summed E-state index contributed by atoms with van der Waals surface area (Å²) in [5, 5.41) is 0. The van der Waals surface area contributed by atoms with E-state index in [2.05, 4.69) is 12.5 Å². The average molecular weight is 402 g/mol. The van der Waals surface area contributed by atoms with E-state index in [1.165, 1.54) is 6.92 Å². The van der Waals surface area contributed by atoms with Crippen molar-refractivity contribution in [1.82, 2.24) is 0 Å². The van der Waals surface area contributed by atoms with Crippen molar-refractivity contribution < 1.29 is 56.2 Å². The van der Waals surface area contributed by atoms with Crippen LogP contribution in [0.4, 0.5) is 0 Å². The van der Waals surface area contributed by atoms with Crippen LogP contribution in [0.1, 0.15) is 13.3 Å². The van der Waals surface area contributed by atoms with Gasteiger partial charge in [0.2, 0.25) is 0 Å². The summed E-state index contributed by atoms with van der Waals surface area (Å²) in [6.45, 7) is 0.461. The predicted octanol–water partition coefficient (Wildman–Crippen LogP) is -1.64. The summed E-state index contributed by atoms with van der Waals surface area (Å²) in [5.41, 5.74) is 0. The standard InChI is InChI=1S/C7H14O13S3/c1-4-7(20-23(14,15)16)6(19-22(11,12)13)2-5(18-4)3-17-21(8,9)10/h4-7H,2-3H2,1H3,(H,8,9,10)(H,11,12,13)(H,14,15,16). The third-order valence-electron chi connectivity index (χ3n) is 2.61. The molecule has 0 aromatic rings. The lowest BCUT2D eigenvalue weighted by Gasteiger charge is -2.37. The molecule has 4 unspecified atom stereocenters. The molecule has 138 valence electrons. The Morgan fingerprint density at radius 2 is 1.48 bits per heavy atom. The lowest BCUT2D eigenvalue weighted by Crippen LogP contribution is -2.51. The first-order valence-corrected chi connectivity index (χ1v) is 9.84. The Morgan fingerprint density at radius 3 is 1.91 bits per heavy atom. The zero-order valence-electron chi connectivity index (χ0n) is 11.4. The van der Waals surface area contributed by atoms with Crippen molar-refractivity contribution in [3.05, 3.63) is 0 Å². The fourth-order valence-corrected chi connectivity index (χ4v) is 3.32. The van der Waals surface area contributed by atoms with E-state index in [4.69, 9.17) is 18.4 Å². The first-order chi connectivity index (χ1) is 10.2. The van der Waals surface area contributed by atoms with Gasteiger partial charge in [-0.05, 0) is 6.92 Å². The summed E-state index contributed by atoms with van der Waals surface area (Å²) in [7, 11) is -14.8. The summed E-state index contributed by atoms with van der Waals surface area (Å²) in [6.07, 6.45) is -6.17. The van der Waals surface area contributed by atoms with Crippen LogP contribution in [0, 0.1) is 0 Å². The molecule has 0 aromatic heterocycles. The highest BCUT2D eigenvalue weighted by Crippen LogP contribution is 2.27. The Labute approximate surface area is 132 Å². The first-order valence-electron chi connectivity index (χ1n) is 5.75. The van der Waals surface area contributed by atoms with Gasteiger partial charge in [-0.2, -0.15) is 25.3 Å². The number of hydrogen-bond donors (Lipinski definition) is 3. The van der Waals surface area contributed by atoms with E-state index in [-0.39, 0.29) is 0 Å². The van der Waals surface area contributed by atoms with Gasteiger partial charge in [0.05, 0.1) is 18.8 Å². The van der Waals surface area contributed by atoms with Crippen LogP contribution in [0.5, 0.6) is 0 Å². The van der Waals surface area contributed by atoms with Crippen molar-refractivity contribution in [2.24, 2.45) is 0 Å². The first kappa shape index (κ1) is 20.6. The van der Waals surface area contributed by atoms with Crippen LogP contribution in [-0.4, -0.2) is 69.9 Å². The molecule has 0 bridgehead atoms. The van der Waals surface area contributed by atoms with Gasteiger partial charge in [-0.1, -0.05) is 0 Å². The monoisotopic (exact) mass is 402 g/mol. The van der Waals surface area contributed by atoms with E-state index >= 15 is 0 Å². The molecule has 3 N–H and O–H groups in total. The smallest absolute Gasteiger partial charge is 0.370 e. The van der Waals surface area contributed by atoms with Gasteiger partial charge in [0.15, 0.2) is 0 Å². The fraction of sp³-hybridized carbons (Fsp3) is 1.00. The van der Waals surface area contributed by atoms with Gasteiger partial charge in [-0.15, -0.1) is 0 Å². The maximum atomic E-state index is 10.8. The molecule has 0 aliphatic carbocycles. The molecule has 1 aliphatic heterocycles. The number of hydrogen-bond acceptors (Lipinski definition) is 10. The summed E-state index contributed by atoms with van der Waals surface area (Å²) in [6, 6.07) is 0. The second-order valence-electron chi connectivity index (χ2n) is 4.46. The SMILES string of the molecule is CC1OC(COS(=O)(=O)O)CC(OS(=O)(=O)O)C1OS(=O)(=O)O. The van der Waals surface area contributed by atoms with Gasteiger partial charge < -0.3 is 4.74 Å². The van der Waals surface area contributed by atoms with Crippen LogP contribution < -0.4 is 0 Å². The van der Waals surface area contributed by atoms with Crippen molar-refractivity contribution in [3.63, 3.8) is 0 Å². The summed E-state index contributed by atoms with van der Waals surface area (Å²) >= 11 is 0. The molecule has 1 fully saturated rings. The maximum absolute atomic E-state index is 10.8. The van der Waals surface area contributed by atoms with Gasteiger partial charge in [0.1, 0.15) is 12.2 Å². The Bertz CT molecular complexity index is 707. The molecule has 1 saturated heterocycles. The van der Waals surface area contributed by atoms with Gasteiger partial charge >= 0.3 is 31.2 Å². The second-order valence-corrected chi connectivity index (χ2v) is 7.65. The second kappa shape index (κ2) is 7.21. The quantitative estimate of drug-likeness (QED) is 0.410. The van der Waals surface area contributed by atoms with E-state index in [0.717, 1.165) is 0 Å². The Hall–Kier alpha value is -0.430. The minimum absolute atomic E-state index is 0.500. The van der Waals surface area contributed by atoms with Gasteiger partial charge in [-0.3, -0.25) is 13.7 Å². The molecule has 13 nitrogen and oxygen atoms in total. The summed E-state index contributed by atoms with van der Waals surface area (Å²) in [4.78, 5) is 0. The van der Waals surface area contributed by atoms with Crippen molar-refractivity contribution >= 4 is 31.2 Å². The normalized spacial score (nSPS) is 30.3. The highest BCUT2D eigenvalue weighted by atomic mass is 32.3. The van der Waals surface area contributed by atoms with E-state index in [1.807, 2.05) is 0 Å². The van der Waals surface area contributed by atoms with Crippen LogP contribution >= 0.6 is 0 Å². The minimum atomic E-state index is -5.02. The zero-order chi connectivity index (χ0) is 18.1. The Morgan fingerprint density at radius 1 is 0.957 bits per heavy atom. The third-order valence-corrected chi connectivity index (χ3v) is 4.00. The lowest BCUT2D eigenvalue weighted by molar-refractivity contribution is -0.153. The molecule has 0 amide bonds. The van der Waals surface area contributed by atoms with Crippen LogP contribution in [0.3, 0.4) is 0 Å². The van der Waals surface area contributed by atoms with Gasteiger partial charge in [0, 0.05) is 6.42 Å². The molecule has 23 heavy (non-hydrogen) atoms. The van der Waals surface area contributed by atoms with Gasteiger partial charge in [0.25, 0.3) is 0 Å². The molecule has 1 heterocycles. The van der Waals surface area contributed by atoms with Crippen LogP contribution in [0.2, 0.25) is 0 Å². The van der Waals surface area contributed by atoms with E-state index in [9.17, 15) is 25.3 Å². The van der Waals surface area contributed by atoms with Crippen LogP contribution in [0.15, 0.2) is 0 Å². The predicted molar refractivity (Wildman–Crippen MR) is 69.3 cm³/mol. The molecule has 0 aromatic carbocycles. The van der Waals surface area contributed by atoms with Crippen molar-refractivity contribution in [2.45, 2.75) is 37.8 Å². The molecular weight excluding hydrogens is 388 g/mol. The highest BCUT2D eigenvalue weighted by molar-refractivity contribution is 7.81. The van der Waals surface area contributed by atoms with Crippen molar-refractivity contribution in [3.8, 4) is 0 Å². The molecule has 0 spiro atoms. The van der Waals surface area contributed by atoms with Crippen molar-refractivity contribution in [2.75, 3.05) is 6.61 Å². The molecule has 0 radical (unpaired) electrons. The fourth-order valence-electron chi connectivity index (χ4n) is 1.93. The Balaban J connectivity index is 2.93. The number of rotatable bonds is 7. The molecule has 1 rings (SSSR count). The molecular formula is C7H14O13S3. The van der Waals surface area contributed by atoms with Crippen LogP contribution in [-0.2, 0) is 48.5 Å². The van der Waals surface area contributed by atoms with E-state index < -0.39 is 68.6 Å². The highest BCUT2D eigenvalue weighted by Gasteiger charge is 2.43. The molecule has 4 atom stereocenters. The van der Waals surface area contributed by atoms with E-state index in [1.54, 1.807) is 0 Å². The molecule has 1 aliphatic rings. The average Bonchev–Trinajstić information content (AvgIpc) is 2.27. The maximum Gasteiger partial charge on any atom is 0.397 e. The minimum Gasteiger partial charge on any atom is -0.370 e. The molecule has 0 saturated carbocycles. The molecule has 16 heteroatoms. The largest absolute Gasteiger partial charge is 0.397 e. The lowest BCUT2D eigenvalue weighted by atomic mass is 9.99. The topological polar surface area (TPSA) is 200 Å². The van der Waals surface area contributed by atoms with Crippen LogP contribution in [0.25, 0.3) is 0 Å². The van der Waals surface area contributed by atoms with E-state index in [0.29, 0.717) is 0 Å². The van der Waals surface area contributed by atoms with Gasteiger partial charge in [-0.25, -0.2) is 12.5 Å². The third kappa shape index (κ3) is 8.29.